The van der Waals surface area contributed by atoms with E-state index in [4.69, 9.17) is 12.2 Å². The van der Waals surface area contributed by atoms with Crippen LogP contribution in [0.1, 0.15) is 29.5 Å². The summed E-state index contributed by atoms with van der Waals surface area (Å²) in [6.07, 6.45) is 7.48. The maximum atomic E-state index is 11.2. The normalized spacial score (nSPS) is 18.7. The zero-order valence-corrected chi connectivity index (χ0v) is 11.5. The van der Waals surface area contributed by atoms with Crippen molar-refractivity contribution in [1.82, 2.24) is 0 Å². The second kappa shape index (κ2) is 5.40. The van der Waals surface area contributed by atoms with Gasteiger partial charge in [0, 0.05) is 16.4 Å². The van der Waals surface area contributed by atoms with Gasteiger partial charge in [0.05, 0.1) is 0 Å². The van der Waals surface area contributed by atoms with Crippen molar-refractivity contribution in [2.45, 2.75) is 26.2 Å². The summed E-state index contributed by atoms with van der Waals surface area (Å²) in [5, 5.41) is 0. The third-order valence-electron chi connectivity index (χ3n) is 3.29. The molecule has 1 aliphatic rings. The third-order valence-corrected chi connectivity index (χ3v) is 3.67. The highest BCUT2D eigenvalue weighted by Crippen LogP contribution is 2.31. The van der Waals surface area contributed by atoms with E-state index in [1.165, 1.54) is 11.1 Å². The molecule has 1 aromatic carbocycles. The number of benzene rings is 1. The maximum Gasteiger partial charge on any atom is 0.147 e. The molecule has 2 heteroatoms. The molecule has 92 valence electrons. The number of hydrogen-bond acceptors (Lipinski definition) is 2. The van der Waals surface area contributed by atoms with E-state index in [0.717, 1.165) is 28.7 Å². The van der Waals surface area contributed by atoms with E-state index in [9.17, 15) is 4.79 Å². The third kappa shape index (κ3) is 2.34. The Balaban J connectivity index is 2.53. The van der Waals surface area contributed by atoms with Crippen LogP contribution in [0, 0.1) is 6.92 Å². The minimum Gasteiger partial charge on any atom is -0.298 e. The maximum absolute atomic E-state index is 11.2. The van der Waals surface area contributed by atoms with Crippen LogP contribution < -0.4 is 0 Å². The summed E-state index contributed by atoms with van der Waals surface area (Å²) in [4.78, 5) is 12.0. The Hall–Kier alpha value is -1.54. The first-order valence-electron chi connectivity index (χ1n) is 6.14. The molecule has 0 saturated carbocycles. The summed E-state index contributed by atoms with van der Waals surface area (Å²) < 4.78 is 0. The van der Waals surface area contributed by atoms with Crippen molar-refractivity contribution in [2.75, 3.05) is 0 Å². The molecule has 0 N–H and O–H groups in total. The average Bonchev–Trinajstić information content (AvgIpc) is 2.38. The zero-order chi connectivity index (χ0) is 13.1. The van der Waals surface area contributed by atoms with Gasteiger partial charge in [0.15, 0.2) is 0 Å². The lowest BCUT2D eigenvalue weighted by Gasteiger charge is -2.22. The van der Waals surface area contributed by atoms with Gasteiger partial charge < -0.3 is 0 Å². The summed E-state index contributed by atoms with van der Waals surface area (Å²) >= 11 is 5.41. The molecule has 18 heavy (non-hydrogen) atoms. The fraction of sp³-hybridized carbons (Fsp3) is 0.250. The van der Waals surface area contributed by atoms with Crippen LogP contribution in [0.25, 0.3) is 0 Å². The first-order chi connectivity index (χ1) is 8.67. The Morgan fingerprint density at radius 2 is 2.17 bits per heavy atom. The van der Waals surface area contributed by atoms with E-state index >= 15 is 0 Å². The highest BCUT2D eigenvalue weighted by molar-refractivity contribution is 7.80. The molecule has 1 atom stereocenters. The van der Waals surface area contributed by atoms with Crippen LogP contribution in [0.2, 0.25) is 0 Å². The predicted octanol–water partition coefficient (Wildman–Crippen LogP) is 3.71. The molecule has 2 rings (SSSR count). The molecule has 0 radical (unpaired) electrons. The van der Waals surface area contributed by atoms with Crippen molar-refractivity contribution < 1.29 is 4.79 Å². The van der Waals surface area contributed by atoms with Gasteiger partial charge in [0.2, 0.25) is 0 Å². The van der Waals surface area contributed by atoms with Gasteiger partial charge in [-0.3, -0.25) is 4.79 Å². The summed E-state index contributed by atoms with van der Waals surface area (Å²) in [5.74, 6) is -0.0574. The first-order valence-corrected chi connectivity index (χ1v) is 6.55. The van der Waals surface area contributed by atoms with Crippen molar-refractivity contribution in [3.8, 4) is 0 Å². The Kier molecular flexibility index (Phi) is 3.87. The van der Waals surface area contributed by atoms with Crippen molar-refractivity contribution >= 4 is 23.4 Å². The highest BCUT2D eigenvalue weighted by atomic mass is 32.1. The highest BCUT2D eigenvalue weighted by Gasteiger charge is 2.23. The fourth-order valence-electron chi connectivity index (χ4n) is 2.37. The molecular formula is C16H16OS. The van der Waals surface area contributed by atoms with Crippen molar-refractivity contribution in [1.29, 1.82) is 0 Å². The minimum absolute atomic E-state index is 0.0574. The number of aryl methyl sites for hydroxylation is 2. The van der Waals surface area contributed by atoms with Crippen LogP contribution in [0.5, 0.6) is 0 Å². The van der Waals surface area contributed by atoms with E-state index < -0.39 is 0 Å². The Bertz CT molecular complexity index is 552. The van der Waals surface area contributed by atoms with Gasteiger partial charge in [0.25, 0.3) is 0 Å². The van der Waals surface area contributed by atoms with E-state index in [1.807, 2.05) is 18.2 Å². The Labute approximate surface area is 113 Å². The molecule has 1 aromatic rings. The summed E-state index contributed by atoms with van der Waals surface area (Å²) in [7, 11) is 0. The lowest BCUT2D eigenvalue weighted by Crippen LogP contribution is -2.16. The summed E-state index contributed by atoms with van der Waals surface area (Å²) in [5.41, 5.74) is 4.42. The van der Waals surface area contributed by atoms with Crippen molar-refractivity contribution in [3.05, 3.63) is 58.7 Å². The molecule has 0 saturated heterocycles. The molecule has 0 aromatic heterocycles. The molecule has 0 amide bonds. The molecule has 0 bridgehead atoms. The number of carbonyl (C=O) groups excluding carboxylic acids is 1. The van der Waals surface area contributed by atoms with E-state index in [0.29, 0.717) is 0 Å². The first kappa shape index (κ1) is 12.9. The number of thiocarbonyl (C=S) groups is 1. The van der Waals surface area contributed by atoms with E-state index in [-0.39, 0.29) is 5.92 Å². The Morgan fingerprint density at radius 3 is 2.83 bits per heavy atom. The number of rotatable bonds is 3. The second-order valence-electron chi connectivity index (χ2n) is 4.53. The van der Waals surface area contributed by atoms with Crippen molar-refractivity contribution in [2.24, 2.45) is 0 Å². The van der Waals surface area contributed by atoms with Gasteiger partial charge >= 0.3 is 0 Å². The lowest BCUT2D eigenvalue weighted by molar-refractivity contribution is -0.105. The van der Waals surface area contributed by atoms with Crippen LogP contribution in [0.4, 0.5) is 0 Å². The topological polar surface area (TPSA) is 17.1 Å². The van der Waals surface area contributed by atoms with Gasteiger partial charge in [-0.2, -0.15) is 0 Å². The minimum atomic E-state index is -0.0574. The van der Waals surface area contributed by atoms with Gasteiger partial charge in [-0.1, -0.05) is 55.1 Å². The smallest absolute Gasteiger partial charge is 0.147 e. The fourth-order valence-corrected chi connectivity index (χ4v) is 2.71. The van der Waals surface area contributed by atoms with Crippen LogP contribution in [0.3, 0.4) is 0 Å². The van der Waals surface area contributed by atoms with Crippen LogP contribution in [-0.2, 0) is 11.2 Å². The molecule has 1 nitrogen and oxygen atoms in total. The number of allylic oxidation sites excluding steroid dienone is 4. The molecule has 0 aliphatic heterocycles. The number of aldehydes is 1. The second-order valence-corrected chi connectivity index (χ2v) is 5.01. The molecule has 0 heterocycles. The summed E-state index contributed by atoms with van der Waals surface area (Å²) in [6, 6.07) is 6.36. The molecular weight excluding hydrogens is 240 g/mol. The molecule has 0 spiro atoms. The zero-order valence-electron chi connectivity index (χ0n) is 10.6. The standard InChI is InChI=1S/C16H16OS/c1-3-12-9-11(2)7-8-14(12)16-13(10-17)5-4-6-15(16)18/h4-10,16H,3H2,1-2H3. The van der Waals surface area contributed by atoms with E-state index in [1.54, 1.807) is 0 Å². The lowest BCUT2D eigenvalue weighted by atomic mass is 9.82. The van der Waals surface area contributed by atoms with Crippen molar-refractivity contribution in [3.63, 3.8) is 0 Å². The number of hydrogen-bond donors (Lipinski definition) is 0. The van der Waals surface area contributed by atoms with Crippen LogP contribution in [0.15, 0.2) is 42.0 Å². The van der Waals surface area contributed by atoms with Crippen LogP contribution in [-0.4, -0.2) is 11.2 Å². The largest absolute Gasteiger partial charge is 0.298 e. The average molecular weight is 256 g/mol. The molecule has 1 unspecified atom stereocenters. The molecule has 0 fully saturated rings. The quantitative estimate of drug-likeness (QED) is 0.606. The van der Waals surface area contributed by atoms with Gasteiger partial charge in [-0.05, 0) is 30.5 Å². The molecule has 1 aliphatic carbocycles. The number of carbonyl (C=O) groups is 1. The summed E-state index contributed by atoms with van der Waals surface area (Å²) in [6.45, 7) is 4.21. The van der Waals surface area contributed by atoms with Gasteiger partial charge in [-0.15, -0.1) is 0 Å². The van der Waals surface area contributed by atoms with Crippen LogP contribution >= 0.6 is 12.2 Å². The Morgan fingerprint density at radius 1 is 1.39 bits per heavy atom. The van der Waals surface area contributed by atoms with Gasteiger partial charge in [0.1, 0.15) is 6.29 Å². The van der Waals surface area contributed by atoms with E-state index in [2.05, 4.69) is 32.0 Å². The SMILES string of the molecule is CCc1cc(C)ccc1C1C(=S)C=CC=C1C=O. The monoisotopic (exact) mass is 256 g/mol. The van der Waals surface area contributed by atoms with Gasteiger partial charge in [-0.25, -0.2) is 0 Å². The predicted molar refractivity (Wildman–Crippen MR) is 79.2 cm³/mol.